The molecule has 2 heterocycles. The first-order valence-corrected chi connectivity index (χ1v) is 6.63. The lowest BCUT2D eigenvalue weighted by molar-refractivity contribution is -0.136. The van der Waals surface area contributed by atoms with Crippen LogP contribution in [0.25, 0.3) is 11.5 Å². The van der Waals surface area contributed by atoms with Gasteiger partial charge in [-0.05, 0) is 12.1 Å². The molecule has 2 aromatic heterocycles. The fourth-order valence-electron chi connectivity index (χ4n) is 1.25. The molecule has 0 spiro atoms. The number of nitrogens with one attached hydrogen (secondary N) is 1. The molecule has 0 aliphatic heterocycles. The van der Waals surface area contributed by atoms with Crippen LogP contribution in [-0.2, 0) is 4.79 Å². The third-order valence-electron chi connectivity index (χ3n) is 2.13. The summed E-state index contributed by atoms with van der Waals surface area (Å²) in [4.78, 5) is 15.1. The third kappa shape index (κ3) is 5.06. The van der Waals surface area contributed by atoms with E-state index < -0.39 is 18.6 Å². The number of amides is 1. The van der Waals surface area contributed by atoms with Gasteiger partial charge in [-0.25, -0.2) is 0 Å². The third-order valence-corrected chi connectivity index (χ3v) is 2.95. The molecule has 0 radical (unpaired) electrons. The van der Waals surface area contributed by atoms with E-state index in [4.69, 9.17) is 4.42 Å². The second-order valence-corrected chi connectivity index (χ2v) is 4.72. The number of carbonyl (C=O) groups is 1. The molecule has 0 atom stereocenters. The number of hydrogen-bond acceptors (Lipinski definition) is 6. The topological polar surface area (TPSA) is 80.9 Å². The van der Waals surface area contributed by atoms with E-state index in [9.17, 15) is 18.0 Å². The summed E-state index contributed by atoms with van der Waals surface area (Å²) in [5, 5.41) is 9.29. The van der Waals surface area contributed by atoms with E-state index >= 15 is 0 Å². The predicted octanol–water partition coefficient (Wildman–Crippen LogP) is 1.90. The van der Waals surface area contributed by atoms with Crippen LogP contribution in [-0.4, -0.2) is 39.6 Å². The fourth-order valence-corrected chi connectivity index (χ4v) is 1.84. The average Bonchev–Trinajstić information content (AvgIpc) is 2.92. The zero-order valence-corrected chi connectivity index (χ0v) is 11.2. The van der Waals surface area contributed by atoms with Crippen LogP contribution >= 0.6 is 11.8 Å². The van der Waals surface area contributed by atoms with Crippen molar-refractivity contribution in [2.75, 3.05) is 12.3 Å². The predicted molar refractivity (Wildman–Crippen MR) is 67.3 cm³/mol. The molecule has 0 aliphatic carbocycles. The molecular weight excluding hydrogens is 309 g/mol. The molecular formula is C11H9F3N4O2S. The number of halogens is 3. The Morgan fingerprint density at radius 2 is 2.19 bits per heavy atom. The Morgan fingerprint density at radius 3 is 2.86 bits per heavy atom. The number of hydrogen-bond donors (Lipinski definition) is 1. The second kappa shape index (κ2) is 6.57. The summed E-state index contributed by atoms with van der Waals surface area (Å²) in [6.45, 7) is -1.36. The molecule has 2 aromatic rings. The van der Waals surface area contributed by atoms with Crippen molar-refractivity contribution in [3.8, 4) is 11.5 Å². The number of pyridine rings is 1. The second-order valence-electron chi connectivity index (χ2n) is 3.80. The summed E-state index contributed by atoms with van der Waals surface area (Å²) < 4.78 is 41.0. The Labute approximate surface area is 121 Å². The minimum absolute atomic E-state index is 0.0935. The fraction of sp³-hybridized carbons (Fsp3) is 0.273. The van der Waals surface area contributed by atoms with E-state index in [1.165, 1.54) is 6.20 Å². The van der Waals surface area contributed by atoms with E-state index in [0.717, 1.165) is 11.8 Å². The monoisotopic (exact) mass is 318 g/mol. The number of nitrogens with zero attached hydrogens (tertiary/aromatic N) is 3. The van der Waals surface area contributed by atoms with Crippen LogP contribution in [0.3, 0.4) is 0 Å². The Hall–Kier alpha value is -2.10. The smallest absolute Gasteiger partial charge is 0.405 e. The molecule has 21 heavy (non-hydrogen) atoms. The van der Waals surface area contributed by atoms with Crippen molar-refractivity contribution < 1.29 is 22.4 Å². The molecule has 0 saturated carbocycles. The van der Waals surface area contributed by atoms with Crippen molar-refractivity contribution in [2.24, 2.45) is 0 Å². The van der Waals surface area contributed by atoms with E-state index in [1.807, 2.05) is 0 Å². The Bertz CT molecular complexity index is 603. The SMILES string of the molecule is O=C(CSc1nnc(-c2cccnc2)o1)NCC(F)(F)F. The number of thioether (sulfide) groups is 1. The summed E-state index contributed by atoms with van der Waals surface area (Å²) in [6.07, 6.45) is -1.32. The molecule has 0 bridgehead atoms. The van der Waals surface area contributed by atoms with Crippen LogP contribution in [0.2, 0.25) is 0 Å². The normalized spacial score (nSPS) is 11.4. The first-order valence-electron chi connectivity index (χ1n) is 5.64. The van der Waals surface area contributed by atoms with Gasteiger partial charge in [-0.1, -0.05) is 11.8 Å². The van der Waals surface area contributed by atoms with Crippen LogP contribution < -0.4 is 5.32 Å². The highest BCUT2D eigenvalue weighted by Crippen LogP contribution is 2.22. The lowest BCUT2D eigenvalue weighted by Crippen LogP contribution is -2.34. The number of carbonyl (C=O) groups excluding carboxylic acids is 1. The standard InChI is InChI=1S/C11H9F3N4O2S/c12-11(13,14)6-16-8(19)5-21-10-18-17-9(20-10)7-2-1-3-15-4-7/h1-4H,5-6H2,(H,16,19). The van der Waals surface area contributed by atoms with Gasteiger partial charge in [0, 0.05) is 12.4 Å². The molecule has 0 fully saturated rings. The van der Waals surface area contributed by atoms with E-state index in [1.54, 1.807) is 23.6 Å². The number of alkyl halides is 3. The Balaban J connectivity index is 1.85. The minimum Gasteiger partial charge on any atom is -0.411 e. The Kier molecular flexibility index (Phi) is 4.78. The van der Waals surface area contributed by atoms with Gasteiger partial charge in [-0.2, -0.15) is 13.2 Å². The maximum Gasteiger partial charge on any atom is 0.405 e. The molecule has 0 aromatic carbocycles. The summed E-state index contributed by atoms with van der Waals surface area (Å²) >= 11 is 0.855. The molecule has 1 N–H and O–H groups in total. The van der Waals surface area contributed by atoms with Crippen molar-refractivity contribution >= 4 is 17.7 Å². The minimum atomic E-state index is -4.43. The van der Waals surface area contributed by atoms with Crippen molar-refractivity contribution in [2.45, 2.75) is 11.4 Å². The molecule has 1 amide bonds. The van der Waals surface area contributed by atoms with Gasteiger partial charge >= 0.3 is 6.18 Å². The van der Waals surface area contributed by atoms with Crippen molar-refractivity contribution in [1.29, 1.82) is 0 Å². The first kappa shape index (κ1) is 15.3. The van der Waals surface area contributed by atoms with Crippen LogP contribution in [0.1, 0.15) is 0 Å². The molecule has 0 aliphatic rings. The van der Waals surface area contributed by atoms with Gasteiger partial charge in [0.25, 0.3) is 5.22 Å². The van der Waals surface area contributed by atoms with Gasteiger partial charge in [0.05, 0.1) is 11.3 Å². The summed E-state index contributed by atoms with van der Waals surface area (Å²) in [5.74, 6) is -0.787. The average molecular weight is 318 g/mol. The van der Waals surface area contributed by atoms with Gasteiger partial charge in [-0.3, -0.25) is 9.78 Å². The van der Waals surface area contributed by atoms with Crippen molar-refractivity contribution in [3.63, 3.8) is 0 Å². The molecule has 6 nitrogen and oxygen atoms in total. The van der Waals surface area contributed by atoms with Gasteiger partial charge < -0.3 is 9.73 Å². The van der Waals surface area contributed by atoms with Crippen LogP contribution in [0, 0.1) is 0 Å². The van der Waals surface area contributed by atoms with Crippen molar-refractivity contribution in [3.05, 3.63) is 24.5 Å². The summed E-state index contributed by atoms with van der Waals surface area (Å²) in [6, 6.07) is 3.40. The zero-order valence-electron chi connectivity index (χ0n) is 10.4. The van der Waals surface area contributed by atoms with Gasteiger partial charge in [-0.15, -0.1) is 10.2 Å². The van der Waals surface area contributed by atoms with Gasteiger partial charge in [0.15, 0.2) is 0 Å². The highest BCUT2D eigenvalue weighted by Gasteiger charge is 2.27. The van der Waals surface area contributed by atoms with Crippen molar-refractivity contribution in [1.82, 2.24) is 20.5 Å². The zero-order chi connectivity index (χ0) is 15.3. The lowest BCUT2D eigenvalue weighted by atomic mass is 10.3. The highest BCUT2D eigenvalue weighted by atomic mass is 32.2. The van der Waals surface area contributed by atoms with Crippen LogP contribution in [0.15, 0.2) is 34.2 Å². The van der Waals surface area contributed by atoms with E-state index in [2.05, 4.69) is 15.2 Å². The van der Waals surface area contributed by atoms with Gasteiger partial charge in [0.1, 0.15) is 6.54 Å². The molecule has 112 valence electrons. The Morgan fingerprint density at radius 1 is 1.38 bits per heavy atom. The van der Waals surface area contributed by atoms with Crippen LogP contribution in [0.5, 0.6) is 0 Å². The largest absolute Gasteiger partial charge is 0.411 e. The maximum absolute atomic E-state index is 11.9. The lowest BCUT2D eigenvalue weighted by Gasteiger charge is -2.06. The van der Waals surface area contributed by atoms with Gasteiger partial charge in [0.2, 0.25) is 11.8 Å². The maximum atomic E-state index is 11.9. The first-order chi connectivity index (χ1) is 9.94. The molecule has 10 heteroatoms. The van der Waals surface area contributed by atoms with E-state index in [-0.39, 0.29) is 16.9 Å². The number of rotatable bonds is 5. The van der Waals surface area contributed by atoms with Crippen LogP contribution in [0.4, 0.5) is 13.2 Å². The molecule has 0 saturated heterocycles. The van der Waals surface area contributed by atoms with E-state index in [0.29, 0.717) is 5.56 Å². The highest BCUT2D eigenvalue weighted by molar-refractivity contribution is 7.99. The molecule has 0 unspecified atom stereocenters. The summed E-state index contributed by atoms with van der Waals surface area (Å²) in [5.41, 5.74) is 0.610. The number of aromatic nitrogens is 3. The quantitative estimate of drug-likeness (QED) is 0.848. The molecule has 2 rings (SSSR count). The summed E-state index contributed by atoms with van der Waals surface area (Å²) in [7, 11) is 0.